The van der Waals surface area contributed by atoms with Crippen molar-refractivity contribution in [2.24, 2.45) is 0 Å². The number of hydrogen-bond donors (Lipinski definition) is 1. The normalized spacial score (nSPS) is 9.96. The van der Waals surface area contributed by atoms with Crippen molar-refractivity contribution < 1.29 is 54.2 Å². The summed E-state index contributed by atoms with van der Waals surface area (Å²) >= 11 is 0. The zero-order chi connectivity index (χ0) is 31.6. The maximum absolute atomic E-state index is 10.5. The van der Waals surface area contributed by atoms with Crippen molar-refractivity contribution >= 4 is 49.6 Å². The Hall–Kier alpha value is -4.95. The molecule has 2 aromatic carbocycles. The number of fused-ring (bicyclic) bond motifs is 6. The monoisotopic (exact) mass is 774 g/mol. The van der Waals surface area contributed by atoms with Crippen LogP contribution in [0.3, 0.4) is 0 Å². The topological polar surface area (TPSA) is 115 Å². The first-order chi connectivity index (χ1) is 22.7. The van der Waals surface area contributed by atoms with Gasteiger partial charge in [-0.2, -0.15) is 0 Å². The minimum absolute atomic E-state index is 0. The number of halogens is 2. The van der Waals surface area contributed by atoms with Crippen molar-refractivity contribution in [3.8, 4) is 11.4 Å². The van der Waals surface area contributed by atoms with Crippen LogP contribution >= 0.6 is 0 Å². The van der Waals surface area contributed by atoms with E-state index in [2.05, 4.69) is 78.4 Å². The van der Waals surface area contributed by atoms with Crippen LogP contribution in [0, 0.1) is 0 Å². The van der Waals surface area contributed by atoms with Crippen LogP contribution in [0.25, 0.3) is 55.0 Å². The molecule has 8 nitrogen and oxygen atoms in total. The molecule has 0 aliphatic heterocycles. The van der Waals surface area contributed by atoms with Gasteiger partial charge in [-0.05, 0) is 66.9 Å². The molecule has 0 atom stereocenters. The summed E-state index contributed by atoms with van der Waals surface area (Å²) in [5.41, 5.74) is 6.65. The summed E-state index contributed by atoms with van der Waals surface area (Å²) in [6.45, 7) is 0. The van der Waals surface area contributed by atoms with E-state index in [4.69, 9.17) is 5.11 Å². The van der Waals surface area contributed by atoms with E-state index in [1.807, 2.05) is 54.6 Å². The molecule has 11 heteroatoms. The number of rotatable bonds is 5. The minimum Gasteiger partial charge on any atom is -1.00 e. The first-order valence-corrected chi connectivity index (χ1v) is 14.9. The molecule has 49 heavy (non-hydrogen) atoms. The molecule has 0 amide bonds. The van der Waals surface area contributed by atoms with Gasteiger partial charge in [-0.1, -0.05) is 54.6 Å². The molecule has 8 aromatic rings. The fourth-order valence-electron chi connectivity index (χ4n) is 5.09. The molecule has 0 radical (unpaired) electrons. The zero-order valence-corrected chi connectivity index (χ0v) is 29.3. The fourth-order valence-corrected chi connectivity index (χ4v) is 5.09. The first-order valence-electron chi connectivity index (χ1n) is 14.9. The quantitative estimate of drug-likeness (QED) is 0.209. The fraction of sp³-hybridized carbons (Fsp3) is 0.0789. The molecule has 6 aromatic heterocycles. The summed E-state index contributed by atoms with van der Waals surface area (Å²) in [6.07, 6.45) is 12.3. The average molecular weight is 775 g/mol. The Morgan fingerprint density at radius 1 is 0.490 bits per heavy atom. The van der Waals surface area contributed by atoms with Gasteiger partial charge in [-0.15, -0.1) is 0 Å². The van der Waals surface area contributed by atoms with Gasteiger partial charge in [0, 0.05) is 84.6 Å². The molecule has 0 saturated heterocycles. The van der Waals surface area contributed by atoms with E-state index in [1.54, 1.807) is 37.2 Å². The van der Waals surface area contributed by atoms with E-state index in [0.717, 1.165) is 67.0 Å². The summed E-state index contributed by atoms with van der Waals surface area (Å²) < 4.78 is 0. The van der Waals surface area contributed by atoms with Gasteiger partial charge in [-0.3, -0.25) is 34.7 Å². The number of carboxylic acid groups (broad SMARTS) is 1. The Kier molecular flexibility index (Phi) is 15.0. The molecule has 0 bridgehead atoms. The number of aryl methyl sites for hydroxylation is 1. The second kappa shape index (κ2) is 19.2. The number of carbonyl (C=O) groups is 1. The Morgan fingerprint density at radius 2 is 0.918 bits per heavy atom. The molecule has 0 aliphatic carbocycles. The van der Waals surface area contributed by atoms with Gasteiger partial charge >= 0.3 is 5.97 Å². The summed E-state index contributed by atoms with van der Waals surface area (Å²) in [6, 6.07) is 33.8. The maximum atomic E-state index is 10.5. The molecule has 8 rings (SSSR count). The van der Waals surface area contributed by atoms with Crippen LogP contribution in [0.4, 0.5) is 0 Å². The Labute approximate surface area is 308 Å². The van der Waals surface area contributed by atoms with Crippen molar-refractivity contribution in [3.05, 3.63) is 146 Å². The number of aromatic nitrogens is 6. The van der Waals surface area contributed by atoms with E-state index in [1.165, 1.54) is 0 Å². The summed E-state index contributed by atoms with van der Waals surface area (Å²) in [7, 11) is 0. The third-order valence-electron chi connectivity index (χ3n) is 7.30. The molecular weight excluding hydrogens is 744 g/mol. The zero-order valence-electron chi connectivity index (χ0n) is 26.0. The van der Waals surface area contributed by atoms with Crippen molar-refractivity contribution in [3.63, 3.8) is 0 Å². The molecule has 0 saturated carbocycles. The van der Waals surface area contributed by atoms with E-state index < -0.39 is 5.97 Å². The van der Waals surface area contributed by atoms with E-state index in [-0.39, 0.29) is 50.7 Å². The molecule has 6 heterocycles. The minimum atomic E-state index is -0.756. The maximum Gasteiger partial charge on any atom is 0.303 e. The predicted octanol–water partition coefficient (Wildman–Crippen LogP) is 2.12. The average Bonchev–Trinajstić information content (AvgIpc) is 3.12. The van der Waals surface area contributed by atoms with Gasteiger partial charge in [0.15, 0.2) is 0 Å². The number of nitrogens with zero attached hydrogens (tertiary/aromatic N) is 6. The largest absolute Gasteiger partial charge is 1.00 e. The molecule has 0 aliphatic rings. The van der Waals surface area contributed by atoms with Gasteiger partial charge in [0.1, 0.15) is 0 Å². The molecule has 0 unspecified atom stereocenters. The number of carboxylic acids is 1. The van der Waals surface area contributed by atoms with Gasteiger partial charge in [0.25, 0.3) is 0 Å². The molecule has 248 valence electrons. The third kappa shape index (κ3) is 10.0. The van der Waals surface area contributed by atoms with Crippen LogP contribution in [0.1, 0.15) is 18.4 Å². The molecular formula is C38H30Cl2N6O2Ru-2. The van der Waals surface area contributed by atoms with Crippen molar-refractivity contribution in [1.82, 2.24) is 29.9 Å². The van der Waals surface area contributed by atoms with E-state index >= 15 is 0 Å². The molecule has 0 spiro atoms. The Morgan fingerprint density at radius 3 is 1.33 bits per heavy atom. The van der Waals surface area contributed by atoms with Crippen LogP contribution in [0.15, 0.2) is 140 Å². The van der Waals surface area contributed by atoms with Gasteiger partial charge in [0.05, 0.1) is 33.5 Å². The van der Waals surface area contributed by atoms with Crippen LogP contribution < -0.4 is 24.8 Å². The smallest absolute Gasteiger partial charge is 0.303 e. The standard InChI is InChI=1S/C14H14N2O2.2C12H8N2.2ClH.Ru/c17-14(18)6-3-4-11-7-9-16-13(10-11)12-5-1-2-8-15-12;2*1-3-9-5-6-10-4-2-8-14-12(10)11(9)13-7-1;;;/h1-2,5,7-10H,3-4,6H2,(H,17,18);2*1-8H;2*1H;/p-2. The second-order valence-electron chi connectivity index (χ2n) is 10.4. The van der Waals surface area contributed by atoms with Gasteiger partial charge in [0.2, 0.25) is 0 Å². The third-order valence-corrected chi connectivity index (χ3v) is 7.30. The van der Waals surface area contributed by atoms with E-state index in [9.17, 15) is 4.79 Å². The SMILES string of the molecule is O=C(O)CCCc1ccnc(-c2ccccn2)c1.[Cl-].[Cl-].[Ru].c1cnc2c(c1)ccc1cccnc12.c1cnc2c(c1)ccc1cccnc12. The predicted molar refractivity (Wildman–Crippen MR) is 182 cm³/mol. The van der Waals surface area contributed by atoms with Crippen molar-refractivity contribution in [1.29, 1.82) is 0 Å². The van der Waals surface area contributed by atoms with Crippen LogP contribution in [0.5, 0.6) is 0 Å². The number of pyridine rings is 6. The Bertz CT molecular complexity index is 2040. The number of hydrogen-bond acceptors (Lipinski definition) is 7. The van der Waals surface area contributed by atoms with Gasteiger partial charge in [-0.25, -0.2) is 0 Å². The number of benzene rings is 2. The molecule has 0 fully saturated rings. The summed E-state index contributed by atoms with van der Waals surface area (Å²) in [5.74, 6) is -0.756. The van der Waals surface area contributed by atoms with Crippen molar-refractivity contribution in [2.75, 3.05) is 0 Å². The Balaban J connectivity index is 0.000000195. The van der Waals surface area contributed by atoms with Crippen LogP contribution in [-0.2, 0) is 30.7 Å². The second-order valence-corrected chi connectivity index (χ2v) is 10.4. The van der Waals surface area contributed by atoms with Crippen LogP contribution in [0.2, 0.25) is 0 Å². The van der Waals surface area contributed by atoms with E-state index in [0.29, 0.717) is 6.42 Å². The number of aliphatic carboxylic acids is 1. The summed E-state index contributed by atoms with van der Waals surface area (Å²) in [5, 5.41) is 13.2. The van der Waals surface area contributed by atoms with Gasteiger partial charge < -0.3 is 29.9 Å². The van der Waals surface area contributed by atoms with Crippen LogP contribution in [-0.4, -0.2) is 41.0 Å². The molecule has 1 N–H and O–H groups in total. The van der Waals surface area contributed by atoms with Crippen molar-refractivity contribution in [2.45, 2.75) is 19.3 Å². The first kappa shape index (κ1) is 38.5. The summed E-state index contributed by atoms with van der Waals surface area (Å²) in [4.78, 5) is 36.4.